The predicted molar refractivity (Wildman–Crippen MR) is 67.7 cm³/mol. The van der Waals surface area contributed by atoms with Gasteiger partial charge in [-0.05, 0) is 22.4 Å². The molecule has 2 aromatic rings. The van der Waals surface area contributed by atoms with Gasteiger partial charge in [0.2, 0.25) is 0 Å². The Kier molecular flexibility index (Phi) is 3.14. The van der Waals surface area contributed by atoms with Crippen LogP contribution in [0.1, 0.15) is 15.9 Å². The molecule has 0 bridgehead atoms. The van der Waals surface area contributed by atoms with E-state index in [4.69, 9.17) is 5.73 Å². The predicted octanol–water partition coefficient (Wildman–Crippen LogP) is 1.34. The normalized spacial score (nSPS) is 10.5. The Hall–Kier alpha value is -1.82. The summed E-state index contributed by atoms with van der Waals surface area (Å²) in [6.07, 6.45) is 1.50. The number of carbonyl (C=O) groups is 1. The minimum atomic E-state index is -0.109. The van der Waals surface area contributed by atoms with Crippen LogP contribution in [0, 0.1) is 0 Å². The number of aryl methyl sites for hydroxylation is 1. The highest BCUT2D eigenvalue weighted by Gasteiger charge is 2.17. The Bertz CT molecular complexity index is 518. The van der Waals surface area contributed by atoms with Crippen LogP contribution in [0.5, 0.6) is 0 Å². The van der Waals surface area contributed by atoms with Crippen molar-refractivity contribution < 1.29 is 4.79 Å². The Balaban J connectivity index is 2.12. The number of amides is 1. The van der Waals surface area contributed by atoms with Crippen molar-refractivity contribution in [3.63, 3.8) is 0 Å². The monoisotopic (exact) mass is 250 g/mol. The van der Waals surface area contributed by atoms with E-state index >= 15 is 0 Å². The van der Waals surface area contributed by atoms with Gasteiger partial charge in [0.15, 0.2) is 0 Å². The molecule has 0 aliphatic rings. The van der Waals surface area contributed by atoms with Crippen molar-refractivity contribution in [3.05, 3.63) is 34.2 Å². The van der Waals surface area contributed by atoms with Crippen molar-refractivity contribution in [1.82, 2.24) is 14.7 Å². The lowest BCUT2D eigenvalue weighted by Gasteiger charge is -2.15. The summed E-state index contributed by atoms with van der Waals surface area (Å²) in [6.45, 7) is 0.580. The van der Waals surface area contributed by atoms with E-state index in [9.17, 15) is 4.79 Å². The fourth-order valence-corrected chi connectivity index (χ4v) is 2.21. The lowest BCUT2D eigenvalue weighted by molar-refractivity contribution is 0.0786. The van der Waals surface area contributed by atoms with Gasteiger partial charge in [0, 0.05) is 20.6 Å². The molecular formula is C11H14N4OS. The minimum Gasteiger partial charge on any atom is -0.383 e. The molecule has 2 heterocycles. The number of thiophene rings is 1. The molecule has 0 atom stereocenters. The Morgan fingerprint density at radius 2 is 2.41 bits per heavy atom. The molecule has 0 fully saturated rings. The topological polar surface area (TPSA) is 64.2 Å². The van der Waals surface area contributed by atoms with Gasteiger partial charge >= 0.3 is 0 Å². The molecule has 6 heteroatoms. The molecule has 17 heavy (non-hydrogen) atoms. The van der Waals surface area contributed by atoms with E-state index in [-0.39, 0.29) is 5.91 Å². The molecule has 0 unspecified atom stereocenters. The van der Waals surface area contributed by atoms with E-state index in [2.05, 4.69) is 5.10 Å². The van der Waals surface area contributed by atoms with Crippen LogP contribution in [0.25, 0.3) is 0 Å². The summed E-state index contributed by atoms with van der Waals surface area (Å²) in [4.78, 5) is 13.7. The average molecular weight is 250 g/mol. The van der Waals surface area contributed by atoms with Crippen LogP contribution in [-0.4, -0.2) is 27.6 Å². The van der Waals surface area contributed by atoms with Crippen molar-refractivity contribution in [2.45, 2.75) is 6.54 Å². The zero-order chi connectivity index (χ0) is 12.4. The van der Waals surface area contributed by atoms with E-state index in [1.54, 1.807) is 30.3 Å². The molecule has 90 valence electrons. The lowest BCUT2D eigenvalue weighted by Crippen LogP contribution is -2.26. The van der Waals surface area contributed by atoms with E-state index in [1.807, 2.05) is 16.8 Å². The summed E-state index contributed by atoms with van der Waals surface area (Å²) in [6, 6.07) is 2.00. The first-order valence-electron chi connectivity index (χ1n) is 5.13. The standard InChI is InChI=1S/C11H14N4OS/c1-14(6-8-3-4-17-7-8)11(16)9-5-13-15(2)10(9)12/h3-5,7H,6,12H2,1-2H3. The maximum atomic E-state index is 12.1. The maximum absolute atomic E-state index is 12.1. The molecular weight excluding hydrogens is 236 g/mol. The van der Waals surface area contributed by atoms with Crippen molar-refractivity contribution in [3.8, 4) is 0 Å². The van der Waals surface area contributed by atoms with Crippen molar-refractivity contribution >= 4 is 23.1 Å². The van der Waals surface area contributed by atoms with Gasteiger partial charge in [0.1, 0.15) is 11.4 Å². The molecule has 5 nitrogen and oxygen atoms in total. The van der Waals surface area contributed by atoms with Gasteiger partial charge in [-0.15, -0.1) is 0 Å². The molecule has 1 amide bonds. The van der Waals surface area contributed by atoms with Gasteiger partial charge in [-0.25, -0.2) is 0 Å². The van der Waals surface area contributed by atoms with Crippen molar-refractivity contribution in [1.29, 1.82) is 0 Å². The molecule has 2 aromatic heterocycles. The van der Waals surface area contributed by atoms with Crippen molar-refractivity contribution in [2.24, 2.45) is 7.05 Å². The number of aromatic nitrogens is 2. The summed E-state index contributed by atoms with van der Waals surface area (Å²) in [7, 11) is 3.47. The molecule has 0 aliphatic carbocycles. The highest BCUT2D eigenvalue weighted by molar-refractivity contribution is 7.07. The van der Waals surface area contributed by atoms with E-state index in [1.165, 1.54) is 10.9 Å². The number of carbonyl (C=O) groups excluding carboxylic acids is 1. The highest BCUT2D eigenvalue weighted by Crippen LogP contribution is 2.14. The summed E-state index contributed by atoms with van der Waals surface area (Å²) in [5.41, 5.74) is 7.34. The lowest BCUT2D eigenvalue weighted by atomic mass is 10.2. The third kappa shape index (κ3) is 2.31. The molecule has 0 aliphatic heterocycles. The fraction of sp³-hybridized carbons (Fsp3) is 0.273. The summed E-state index contributed by atoms with van der Waals surface area (Å²) in [5, 5.41) is 7.98. The quantitative estimate of drug-likeness (QED) is 0.894. The van der Waals surface area contributed by atoms with Crippen molar-refractivity contribution in [2.75, 3.05) is 12.8 Å². The van der Waals surface area contributed by atoms with E-state index < -0.39 is 0 Å². The van der Waals surface area contributed by atoms with Crippen LogP contribution in [0.3, 0.4) is 0 Å². The molecule has 2 N–H and O–H groups in total. The van der Waals surface area contributed by atoms with Gasteiger partial charge in [-0.2, -0.15) is 16.4 Å². The van der Waals surface area contributed by atoms with Crippen LogP contribution in [0.15, 0.2) is 23.0 Å². The van der Waals surface area contributed by atoms with Crippen LogP contribution >= 0.6 is 11.3 Å². The SMILES string of the molecule is CN(Cc1ccsc1)C(=O)c1cnn(C)c1N. The van der Waals surface area contributed by atoms with Crippen LogP contribution in [0.2, 0.25) is 0 Å². The Labute approximate surface area is 103 Å². The molecule has 0 saturated heterocycles. The summed E-state index contributed by atoms with van der Waals surface area (Å²) in [5.74, 6) is 0.286. The van der Waals surface area contributed by atoms with Crippen LogP contribution in [-0.2, 0) is 13.6 Å². The molecule has 0 saturated carbocycles. The second-order valence-electron chi connectivity index (χ2n) is 3.86. The highest BCUT2D eigenvalue weighted by atomic mass is 32.1. The van der Waals surface area contributed by atoms with Gasteiger partial charge in [-0.1, -0.05) is 0 Å². The fourth-order valence-electron chi connectivity index (χ4n) is 1.55. The van der Waals surface area contributed by atoms with Crippen LogP contribution < -0.4 is 5.73 Å². The first-order chi connectivity index (χ1) is 8.09. The minimum absolute atomic E-state index is 0.109. The number of nitrogen functional groups attached to an aromatic ring is 1. The first kappa shape index (κ1) is 11.7. The number of hydrogen-bond acceptors (Lipinski definition) is 4. The first-order valence-corrected chi connectivity index (χ1v) is 6.08. The Morgan fingerprint density at radius 1 is 1.65 bits per heavy atom. The summed E-state index contributed by atoms with van der Waals surface area (Å²) < 4.78 is 1.49. The molecule has 0 aromatic carbocycles. The summed E-state index contributed by atoms with van der Waals surface area (Å²) >= 11 is 1.62. The van der Waals surface area contributed by atoms with Gasteiger partial charge in [0.05, 0.1) is 6.20 Å². The third-order valence-electron chi connectivity index (χ3n) is 2.56. The number of hydrogen-bond donors (Lipinski definition) is 1. The molecule has 2 rings (SSSR count). The number of anilines is 1. The zero-order valence-electron chi connectivity index (χ0n) is 9.75. The zero-order valence-corrected chi connectivity index (χ0v) is 10.6. The van der Waals surface area contributed by atoms with Gasteiger partial charge < -0.3 is 10.6 Å². The largest absolute Gasteiger partial charge is 0.383 e. The number of rotatable bonds is 3. The third-order valence-corrected chi connectivity index (χ3v) is 3.29. The van der Waals surface area contributed by atoms with Crippen LogP contribution in [0.4, 0.5) is 5.82 Å². The van der Waals surface area contributed by atoms with Gasteiger partial charge in [0.25, 0.3) is 5.91 Å². The van der Waals surface area contributed by atoms with Gasteiger partial charge in [-0.3, -0.25) is 9.48 Å². The van der Waals surface area contributed by atoms with E-state index in [0.717, 1.165) is 5.56 Å². The average Bonchev–Trinajstić information content (AvgIpc) is 2.90. The molecule has 0 radical (unpaired) electrons. The number of nitrogens with two attached hydrogens (primary N) is 1. The van der Waals surface area contributed by atoms with E-state index in [0.29, 0.717) is 17.9 Å². The molecule has 0 spiro atoms. The smallest absolute Gasteiger partial charge is 0.259 e. The second-order valence-corrected chi connectivity index (χ2v) is 4.64. The number of nitrogens with zero attached hydrogens (tertiary/aromatic N) is 3. The second kappa shape index (κ2) is 4.58. The Morgan fingerprint density at radius 3 is 2.94 bits per heavy atom. The maximum Gasteiger partial charge on any atom is 0.259 e.